The van der Waals surface area contributed by atoms with E-state index >= 15 is 0 Å². The fraction of sp³-hybridized carbons (Fsp3) is 0.283. The fourth-order valence-corrected chi connectivity index (χ4v) is 7.04. The molecule has 0 fully saturated rings. The molecule has 0 saturated carbocycles. The zero-order valence-electron chi connectivity index (χ0n) is 29.5. The van der Waals surface area contributed by atoms with E-state index in [-0.39, 0.29) is 24.3 Å². The van der Waals surface area contributed by atoms with Gasteiger partial charge in [0.15, 0.2) is 0 Å². The number of benzene rings is 4. The van der Waals surface area contributed by atoms with Crippen LogP contribution in [0.3, 0.4) is 0 Å². The first-order chi connectivity index (χ1) is 22.3. The number of unbranched alkanes of at least 4 members (excludes halogenated alkanes) is 1. The molecule has 4 aliphatic carbocycles. The first-order valence-corrected chi connectivity index (χ1v) is 17.2. The van der Waals surface area contributed by atoms with Crippen LogP contribution in [0, 0.1) is 18.3 Å². The Morgan fingerprint density at radius 3 is 1.68 bits per heavy atom. The van der Waals surface area contributed by atoms with E-state index in [1.165, 1.54) is 56.5 Å². The zero-order valence-corrected chi connectivity index (χ0v) is 29.5. The summed E-state index contributed by atoms with van der Waals surface area (Å²) in [7, 11) is 0. The number of allylic oxidation sites excluding steroid dienone is 5. The average molecular weight is 611 g/mol. The maximum atomic E-state index is 3.60. The molecule has 4 aromatic rings. The molecular formula is C46H51Li. The monoisotopic (exact) mass is 610 g/mol. The summed E-state index contributed by atoms with van der Waals surface area (Å²) < 4.78 is 0. The van der Waals surface area contributed by atoms with Crippen LogP contribution in [0.15, 0.2) is 121 Å². The van der Waals surface area contributed by atoms with Gasteiger partial charge in [0.25, 0.3) is 0 Å². The average Bonchev–Trinajstić information content (AvgIpc) is 3.90. The Morgan fingerprint density at radius 1 is 0.660 bits per heavy atom. The van der Waals surface area contributed by atoms with Gasteiger partial charge in [-0.1, -0.05) is 181 Å². The summed E-state index contributed by atoms with van der Waals surface area (Å²) in [4.78, 5) is 0. The summed E-state index contributed by atoms with van der Waals surface area (Å²) in [6.45, 7) is 15.0. The van der Waals surface area contributed by atoms with Crippen molar-refractivity contribution in [3.63, 3.8) is 0 Å². The van der Waals surface area contributed by atoms with Gasteiger partial charge in [-0.3, -0.25) is 0 Å². The third-order valence-corrected chi connectivity index (χ3v) is 9.74. The first kappa shape index (κ1) is 36.3. The predicted octanol–water partition coefficient (Wildman–Crippen LogP) is 9.80. The van der Waals surface area contributed by atoms with Crippen molar-refractivity contribution in [3.05, 3.63) is 173 Å². The van der Waals surface area contributed by atoms with Gasteiger partial charge in [-0.2, -0.15) is 6.42 Å². The van der Waals surface area contributed by atoms with Crippen LogP contribution in [0.1, 0.15) is 104 Å². The molecule has 8 rings (SSSR count). The van der Waals surface area contributed by atoms with Gasteiger partial charge in [0, 0.05) is 11.8 Å². The van der Waals surface area contributed by atoms with Gasteiger partial charge >= 0.3 is 18.9 Å². The second-order valence-corrected chi connectivity index (χ2v) is 13.6. The molecule has 0 heterocycles. The van der Waals surface area contributed by atoms with Crippen LogP contribution in [-0.2, 0) is 12.8 Å². The van der Waals surface area contributed by atoms with Crippen LogP contribution < -0.4 is 18.9 Å². The van der Waals surface area contributed by atoms with E-state index in [1.807, 2.05) is 0 Å². The van der Waals surface area contributed by atoms with E-state index in [0.717, 1.165) is 19.3 Å². The van der Waals surface area contributed by atoms with E-state index in [2.05, 4.69) is 181 Å². The van der Waals surface area contributed by atoms with Gasteiger partial charge in [0.1, 0.15) is 0 Å². The molecule has 0 saturated heterocycles. The molecule has 1 heteroatoms. The van der Waals surface area contributed by atoms with Crippen molar-refractivity contribution >= 4 is 23.8 Å². The van der Waals surface area contributed by atoms with Crippen molar-refractivity contribution in [2.75, 3.05) is 0 Å². The molecule has 0 aromatic heterocycles. The summed E-state index contributed by atoms with van der Waals surface area (Å²) in [5.74, 6) is 1.62. The first-order valence-electron chi connectivity index (χ1n) is 17.2. The molecule has 2 atom stereocenters. The van der Waals surface area contributed by atoms with Crippen LogP contribution in [0.5, 0.6) is 0 Å². The molecule has 4 aliphatic rings. The SMILES string of the molecule is C1=Cc2ccccc2C1.CC(C)(C1C=Cc2ccccc21)C1C=Cc2ccccc21.CC(C)C1=CCc2ccccc21.[CH2-]CCC.[Li+]. The van der Waals surface area contributed by atoms with Crippen molar-refractivity contribution in [2.24, 2.45) is 11.3 Å². The molecule has 236 valence electrons. The van der Waals surface area contributed by atoms with E-state index in [0.29, 0.717) is 17.8 Å². The number of hydrogen-bond donors (Lipinski definition) is 0. The van der Waals surface area contributed by atoms with Crippen molar-refractivity contribution in [1.29, 1.82) is 0 Å². The van der Waals surface area contributed by atoms with Crippen molar-refractivity contribution < 1.29 is 18.9 Å². The summed E-state index contributed by atoms with van der Waals surface area (Å²) in [5, 5.41) is 0. The molecule has 0 nitrogen and oxygen atoms in total. The van der Waals surface area contributed by atoms with Gasteiger partial charge in [-0.15, -0.1) is 0 Å². The Bertz CT molecular complexity index is 1660. The van der Waals surface area contributed by atoms with Crippen molar-refractivity contribution in [1.82, 2.24) is 0 Å². The standard InChI is InChI=1S/C21H20.C12H14.C9H8.C4H9.Li/c1-21(2,19-13-11-15-7-3-5-9-17(15)19)20-14-12-16-8-4-6-10-18(16)20;1-9(2)11-8-7-10-5-3-4-6-12(10)11;1-2-5-9-7-3-6-8(9)4-1;1-3-4-2;/h3-14,19-20H,1-2H3;3-6,8-9H,7H2,1-2H3;1-6H,7H2;1,3-4H2,2H3;/q;;;-1;+1. The van der Waals surface area contributed by atoms with Gasteiger partial charge in [0.2, 0.25) is 0 Å². The molecule has 0 bridgehead atoms. The maximum absolute atomic E-state index is 3.60. The molecule has 0 N–H and O–H groups in total. The minimum Gasteiger partial charge on any atom is -0.343 e. The molecule has 2 unspecified atom stereocenters. The number of rotatable bonds is 4. The fourth-order valence-electron chi connectivity index (χ4n) is 7.04. The van der Waals surface area contributed by atoms with Crippen LogP contribution in [0.25, 0.3) is 23.8 Å². The minimum atomic E-state index is 0. The van der Waals surface area contributed by atoms with Gasteiger partial charge in [0.05, 0.1) is 0 Å². The molecule has 0 aliphatic heterocycles. The predicted molar refractivity (Wildman–Crippen MR) is 203 cm³/mol. The Labute approximate surface area is 297 Å². The molecule has 0 radical (unpaired) electrons. The van der Waals surface area contributed by atoms with Gasteiger partial charge in [-0.25, -0.2) is 0 Å². The Morgan fingerprint density at radius 2 is 1.15 bits per heavy atom. The van der Waals surface area contributed by atoms with Crippen molar-refractivity contribution in [3.8, 4) is 0 Å². The number of hydrogen-bond acceptors (Lipinski definition) is 0. The van der Waals surface area contributed by atoms with Gasteiger partial charge < -0.3 is 6.92 Å². The third-order valence-electron chi connectivity index (χ3n) is 9.74. The molecule has 0 amide bonds. The zero-order chi connectivity index (χ0) is 32.5. The van der Waals surface area contributed by atoms with E-state index in [4.69, 9.17) is 0 Å². The minimum absolute atomic E-state index is 0. The summed E-state index contributed by atoms with van der Waals surface area (Å²) in [6.07, 6.45) is 20.6. The van der Waals surface area contributed by atoms with Crippen molar-refractivity contribution in [2.45, 2.75) is 72.1 Å². The summed E-state index contributed by atoms with van der Waals surface area (Å²) >= 11 is 0. The smallest absolute Gasteiger partial charge is 0.343 e. The van der Waals surface area contributed by atoms with E-state index in [1.54, 1.807) is 0 Å². The largest absolute Gasteiger partial charge is 1.00 e. The normalized spacial score (nSPS) is 17.0. The van der Waals surface area contributed by atoms with Crippen LogP contribution in [-0.4, -0.2) is 0 Å². The Kier molecular flexibility index (Phi) is 13.1. The number of fused-ring (bicyclic) bond motifs is 4. The molecule has 4 aromatic carbocycles. The molecule has 0 spiro atoms. The van der Waals surface area contributed by atoms with E-state index in [9.17, 15) is 0 Å². The van der Waals surface area contributed by atoms with Crippen LogP contribution in [0.2, 0.25) is 0 Å². The second-order valence-electron chi connectivity index (χ2n) is 13.6. The third kappa shape index (κ3) is 8.48. The topological polar surface area (TPSA) is 0 Å². The Hall–Kier alpha value is -3.56. The second kappa shape index (κ2) is 17.0. The van der Waals surface area contributed by atoms with Gasteiger partial charge in [-0.05, 0) is 74.3 Å². The van der Waals surface area contributed by atoms with E-state index < -0.39 is 0 Å². The maximum Gasteiger partial charge on any atom is 1.00 e. The summed E-state index contributed by atoms with van der Waals surface area (Å²) in [6, 6.07) is 34.8. The molecule has 47 heavy (non-hydrogen) atoms. The Balaban J connectivity index is 0.000000163. The van der Waals surface area contributed by atoms with Crippen LogP contribution >= 0.6 is 0 Å². The molecular weight excluding hydrogens is 559 g/mol. The van der Waals surface area contributed by atoms with Crippen LogP contribution in [0.4, 0.5) is 0 Å². The quantitative estimate of drug-likeness (QED) is 0.159. The summed E-state index contributed by atoms with van der Waals surface area (Å²) in [5.41, 5.74) is 13.2.